The summed E-state index contributed by atoms with van der Waals surface area (Å²) in [6.45, 7) is 7.17. The number of benzene rings is 6. The highest BCUT2D eigenvalue weighted by Crippen LogP contribution is 2.50. The highest BCUT2D eigenvalue weighted by molar-refractivity contribution is 7.85. The van der Waals surface area contributed by atoms with Gasteiger partial charge in [-0.25, -0.2) is 15.3 Å². The van der Waals surface area contributed by atoms with Crippen molar-refractivity contribution < 1.29 is 153 Å². The molecule has 10 amide bonds. The number of carbonyl (C=O) groups excluding carboxylic acids is 9. The summed E-state index contributed by atoms with van der Waals surface area (Å²) in [4.78, 5) is 141. The standard InChI is InChI=1S/C83H99Cl2F3N14O29S/c1-36(2)25-49(90-5)73(113)97-64-66(108)39-8-15-53(47(84)27-39)126-55-29-41-30-56(70(55)130-80-71(69(111)68(110)57(35-103)128-80)129-59-34-82(4,72(112)37(3)125-59)91-17-18-101-19-21-102(22-20-101)99-81(120)92-42-10-12-44(13-11-42)131-83(86,87)88)127-54-16-9-40(28-48(54)85)67(109)65-78(118)96-63(79(119)100-124-23-6-24-132(121,122)123)46-31-43(104)32-52(106)60(46)45-26-38(7-14-51(45)105)61(75(115)98-65)95-76(116)62(41)94-74(114)50(33-58(89)107)93-77(64)117/h7-16,26-32,36-37,49-50,57,59,61-69,71-72,80,90-91,103-106,108-112H,6,17-25,33-35H2,1-5H3,(H2,89,107)(H,93,117)(H,94,114)(H,95,116)(H,96,118)(H,97,113)(H,98,115)(H,100,119)(H2,92,99,120)(H,121,122,123)/t37?,49?,50?,57?,59?,61?,62?,63-,64?,65?,66?,67?,68?,69?,71?,72?,80?,82-/m1/s1. The Kier molecular flexibility index (Phi) is 31.9. The quantitative estimate of drug-likeness (QED) is 0.0218. The minimum Gasteiger partial charge on any atom is -0.508 e. The van der Waals surface area contributed by atoms with Gasteiger partial charge in [-0.3, -0.25) is 58.1 Å². The molecule has 0 spiro atoms. The first-order valence-electron chi connectivity index (χ1n) is 41.3. The van der Waals surface area contributed by atoms with E-state index in [0.717, 1.165) is 84.9 Å². The number of hydrazine groups is 1. The average molecular weight is 1920 g/mol. The van der Waals surface area contributed by atoms with Crippen molar-refractivity contribution in [1.82, 2.24) is 63.3 Å². The molecule has 6 aromatic carbocycles. The third kappa shape index (κ3) is 24.4. The topological polar surface area (TPSA) is 629 Å². The SMILES string of the molecule is CNC(CC(C)C)C(=O)NC1C(=O)NC(CC(N)=O)C(=O)NC2C(=O)NC3C(=O)NC(C(=O)N[C@@H](C(=O)NOCCCS(=O)(=O)O)c4cc(O)cc(O)c4-c4cc3ccc4O)C(O)c3ccc(c(Cl)c3)Oc3cc2cc(c3OC2OC(CO)C(O)C(O)C2OC2C[C@@](C)(NCCN3CCN(NC(=O)Nc4ccc(OC(F)(F)F)cc4)CC3)C(O)C(C)O2)Oc2ccc(cc2Cl)C1O. The maximum Gasteiger partial charge on any atom is 0.573 e. The Hall–Kier alpha value is -11.3. The van der Waals surface area contributed by atoms with E-state index in [9.17, 15) is 91.3 Å². The summed E-state index contributed by atoms with van der Waals surface area (Å²) >= 11 is 14.4. The number of primary amides is 1. The molecule has 3 fully saturated rings. The zero-order valence-corrected chi connectivity index (χ0v) is 73.2. The third-order valence-electron chi connectivity index (χ3n) is 22.5. The summed E-state index contributed by atoms with van der Waals surface area (Å²) < 4.78 is 114. The number of alkyl halides is 3. The van der Waals surface area contributed by atoms with E-state index in [0.29, 0.717) is 32.7 Å². The molecule has 14 rings (SSSR count). The Morgan fingerprint density at radius 1 is 0.727 bits per heavy atom. The fourth-order valence-electron chi connectivity index (χ4n) is 15.8. The number of nitrogens with one attached hydrogen (secondary N) is 11. The first-order valence-corrected chi connectivity index (χ1v) is 43.7. The van der Waals surface area contributed by atoms with Crippen LogP contribution >= 0.6 is 23.2 Å². The van der Waals surface area contributed by atoms with Crippen LogP contribution in [0.1, 0.15) is 112 Å². The molecule has 23 N–H and O–H groups in total. The third-order valence-corrected chi connectivity index (χ3v) is 23.9. The summed E-state index contributed by atoms with van der Waals surface area (Å²) in [5.74, 6) is -17.7. The highest BCUT2D eigenvalue weighted by Gasteiger charge is 2.53. The van der Waals surface area contributed by atoms with E-state index in [2.05, 4.69) is 58.0 Å². The lowest BCUT2D eigenvalue weighted by Crippen LogP contribution is -2.66. The normalized spacial score (nSPS) is 26.4. The van der Waals surface area contributed by atoms with Crippen molar-refractivity contribution in [3.63, 3.8) is 0 Å². The number of nitrogens with zero attached hydrogens (tertiary/aromatic N) is 2. The number of amides is 10. The molecule has 8 heterocycles. The van der Waals surface area contributed by atoms with E-state index in [-0.39, 0.29) is 42.1 Å². The van der Waals surface area contributed by atoms with Gasteiger partial charge in [-0.2, -0.15) is 8.42 Å². The second kappa shape index (κ2) is 42.3. The van der Waals surface area contributed by atoms with Crippen molar-refractivity contribution in [2.75, 3.05) is 70.6 Å². The number of rotatable bonds is 25. The maximum atomic E-state index is 16.4. The van der Waals surface area contributed by atoms with Crippen molar-refractivity contribution in [3.8, 4) is 62.9 Å². The molecule has 8 aliphatic heterocycles. The zero-order chi connectivity index (χ0) is 95.9. The van der Waals surface area contributed by atoms with E-state index >= 15 is 24.0 Å². The van der Waals surface area contributed by atoms with Gasteiger partial charge in [0.1, 0.15) is 101 Å². The minimum atomic E-state index is -4.92. The number of hydrogen-bond donors (Lipinski definition) is 22. The molecule has 49 heteroatoms. The molecule has 16 unspecified atom stereocenters. The summed E-state index contributed by atoms with van der Waals surface area (Å²) in [6, 6.07) is 2.42. The van der Waals surface area contributed by atoms with Crippen molar-refractivity contribution in [2.45, 2.75) is 169 Å². The smallest absolute Gasteiger partial charge is 0.508 e. The van der Waals surface area contributed by atoms with Crippen LogP contribution in [0.2, 0.25) is 10.0 Å². The lowest BCUT2D eigenvalue weighted by atomic mass is 9.85. The van der Waals surface area contributed by atoms with Gasteiger partial charge in [0.15, 0.2) is 23.9 Å². The van der Waals surface area contributed by atoms with Gasteiger partial charge in [0.25, 0.3) is 16.0 Å². The molecule has 0 saturated carbocycles. The lowest BCUT2D eigenvalue weighted by Gasteiger charge is -2.48. The van der Waals surface area contributed by atoms with E-state index < -0.39 is 300 Å². The fraction of sp³-hybridized carbons (Fsp3) is 0.458. The van der Waals surface area contributed by atoms with E-state index in [1.807, 2.05) is 10.4 Å². The number of aromatic hydroxyl groups is 3. The Morgan fingerprint density at radius 2 is 1.36 bits per heavy atom. The number of likely N-dealkylation sites (N-methyl/N-ethyl adjacent to an activating group) is 1. The molecular formula is C83H99Cl2F3N14O29S. The number of nitrogens with two attached hydrogens (primary N) is 1. The summed E-state index contributed by atoms with van der Waals surface area (Å²) in [6.07, 6.45) is -24.9. The van der Waals surface area contributed by atoms with Crippen LogP contribution in [0.25, 0.3) is 11.1 Å². The summed E-state index contributed by atoms with van der Waals surface area (Å²) in [7, 11) is -3.10. The van der Waals surface area contributed by atoms with Crippen molar-refractivity contribution in [3.05, 3.63) is 141 Å². The first kappa shape index (κ1) is 99.7. The van der Waals surface area contributed by atoms with Gasteiger partial charge in [0.05, 0.1) is 53.7 Å². The molecule has 8 aliphatic rings. The Labute approximate surface area is 760 Å². The number of urea groups is 1. The molecule has 716 valence electrons. The van der Waals surface area contributed by atoms with E-state index in [4.69, 9.17) is 62.2 Å². The number of hydrogen-bond acceptors (Lipinski definition) is 32. The van der Waals surface area contributed by atoms with Crippen LogP contribution in [0.3, 0.4) is 0 Å². The Morgan fingerprint density at radius 3 is 1.97 bits per heavy atom. The van der Waals surface area contributed by atoms with Crippen molar-refractivity contribution in [2.24, 2.45) is 11.7 Å². The molecule has 43 nitrogen and oxygen atoms in total. The average Bonchev–Trinajstić information content (AvgIpc) is 0.763. The van der Waals surface area contributed by atoms with Gasteiger partial charge in [0, 0.05) is 74.1 Å². The summed E-state index contributed by atoms with van der Waals surface area (Å²) in [5.41, 5.74) is 6.22. The second-order valence-electron chi connectivity index (χ2n) is 32.6. The number of halogens is 5. The van der Waals surface area contributed by atoms with Gasteiger partial charge in [-0.15, -0.1) is 13.2 Å². The van der Waals surface area contributed by atoms with Crippen LogP contribution in [0, 0.1) is 5.92 Å². The minimum absolute atomic E-state index is 0.142. The monoisotopic (exact) mass is 1910 g/mol. The van der Waals surface area contributed by atoms with Gasteiger partial charge < -0.3 is 133 Å². The molecule has 11 bridgehead atoms. The van der Waals surface area contributed by atoms with Gasteiger partial charge in [-0.1, -0.05) is 55.2 Å². The van der Waals surface area contributed by atoms with Crippen molar-refractivity contribution in [1.29, 1.82) is 0 Å². The molecule has 3 saturated heterocycles. The van der Waals surface area contributed by atoms with Gasteiger partial charge in [0.2, 0.25) is 53.4 Å². The van der Waals surface area contributed by atoms with Gasteiger partial charge in [-0.05, 0) is 146 Å². The zero-order valence-electron chi connectivity index (χ0n) is 70.9. The van der Waals surface area contributed by atoms with Crippen LogP contribution in [-0.4, -0.2) is 273 Å². The molecule has 0 radical (unpaired) electrons. The molecular weight excluding hydrogens is 1820 g/mol. The highest BCUT2D eigenvalue weighted by atomic mass is 35.5. The van der Waals surface area contributed by atoms with Crippen molar-refractivity contribution >= 4 is 92.3 Å². The van der Waals surface area contributed by atoms with E-state index in [1.54, 1.807) is 25.8 Å². The Balaban J connectivity index is 0.960. The molecule has 6 aromatic rings. The van der Waals surface area contributed by atoms with Crippen LogP contribution in [0.4, 0.5) is 23.7 Å². The number of anilines is 1. The molecule has 0 aliphatic carbocycles. The summed E-state index contributed by atoms with van der Waals surface area (Å²) in [5, 5.41) is 131. The number of piperazine rings is 1. The number of phenols is 3. The number of hydroxylamine groups is 1. The van der Waals surface area contributed by atoms with Crippen LogP contribution in [0.5, 0.6) is 51.7 Å². The van der Waals surface area contributed by atoms with E-state index in [1.165, 1.54) is 32.2 Å². The number of phenolic OH excluding ortho intramolecular Hbond substituents is 3. The predicted molar refractivity (Wildman–Crippen MR) is 454 cm³/mol. The molecule has 132 heavy (non-hydrogen) atoms. The Bertz CT molecular complexity index is 5410. The van der Waals surface area contributed by atoms with Crippen LogP contribution in [0.15, 0.2) is 103 Å². The van der Waals surface area contributed by atoms with Gasteiger partial charge >= 0.3 is 12.4 Å². The molecule has 18 atom stereocenters. The fourth-order valence-corrected chi connectivity index (χ4v) is 16.7. The second-order valence-corrected chi connectivity index (χ2v) is 35.0. The number of ether oxygens (including phenoxy) is 7. The number of aliphatic hydroxyl groups is 6. The number of fused-ring (bicyclic) bond motifs is 15. The maximum absolute atomic E-state index is 16.4. The van der Waals surface area contributed by atoms with Crippen LogP contribution in [-0.2, 0) is 67.5 Å². The number of aliphatic hydroxyl groups excluding tert-OH is 6. The lowest BCUT2D eigenvalue weighted by molar-refractivity contribution is -0.334. The molecule has 0 aromatic heterocycles. The number of carbonyl (C=O) groups is 9. The predicted octanol–water partition coefficient (Wildman–Crippen LogP) is 1.23. The first-order chi connectivity index (χ1) is 62.3. The van der Waals surface area contributed by atoms with Crippen LogP contribution < -0.4 is 83.4 Å². The largest absolute Gasteiger partial charge is 0.573 e.